The van der Waals surface area contributed by atoms with Crippen molar-refractivity contribution in [3.05, 3.63) is 53.1 Å². The summed E-state index contributed by atoms with van der Waals surface area (Å²) in [5.74, 6) is -0.423. The first-order valence-electron chi connectivity index (χ1n) is 8.32. The molecule has 2 aromatic carbocycles. The molecule has 1 amide bonds. The van der Waals surface area contributed by atoms with Gasteiger partial charge in [-0.1, -0.05) is 48.9 Å². The number of anilines is 1. The van der Waals surface area contributed by atoms with Crippen LogP contribution in [0.1, 0.15) is 25.3 Å². The van der Waals surface area contributed by atoms with Crippen molar-refractivity contribution in [3.8, 4) is 0 Å². The topological polar surface area (TPSA) is 76.1 Å². The molecule has 3 aromatic rings. The normalized spacial score (nSPS) is 13.1. The number of nitrogens with zero attached hydrogens (tertiary/aromatic N) is 1. The first kappa shape index (κ1) is 19.8. The third kappa shape index (κ3) is 4.48. The van der Waals surface area contributed by atoms with E-state index in [1.807, 2.05) is 26.0 Å². The molecule has 1 atom stereocenters. The summed E-state index contributed by atoms with van der Waals surface area (Å²) in [6.45, 7) is 3.96. The zero-order valence-corrected chi connectivity index (χ0v) is 17.5. The van der Waals surface area contributed by atoms with Crippen LogP contribution in [0.4, 0.5) is 5.13 Å². The molecule has 8 heteroatoms. The molecule has 0 saturated heterocycles. The number of benzene rings is 2. The minimum atomic E-state index is -3.29. The SMILES string of the molecule is CC(C)C(C(=O)Nc1nc2ccc(S(C)(=O)=O)cc2s1)c1ccc(Cl)cc1. The fraction of sp³-hybridized carbons (Fsp3) is 0.263. The monoisotopic (exact) mass is 422 g/mol. The van der Waals surface area contributed by atoms with Gasteiger partial charge in [0.2, 0.25) is 5.91 Å². The van der Waals surface area contributed by atoms with Gasteiger partial charge in [0.15, 0.2) is 15.0 Å². The van der Waals surface area contributed by atoms with Crippen molar-refractivity contribution >= 4 is 54.0 Å². The van der Waals surface area contributed by atoms with E-state index >= 15 is 0 Å². The van der Waals surface area contributed by atoms with Crippen molar-refractivity contribution in [2.45, 2.75) is 24.7 Å². The van der Waals surface area contributed by atoms with Gasteiger partial charge in [0, 0.05) is 11.3 Å². The lowest BCUT2D eigenvalue weighted by Crippen LogP contribution is -2.25. The fourth-order valence-electron chi connectivity index (χ4n) is 2.88. The van der Waals surface area contributed by atoms with Crippen LogP contribution in [0.5, 0.6) is 0 Å². The summed E-state index contributed by atoms with van der Waals surface area (Å²) < 4.78 is 24.1. The number of amides is 1. The molecule has 1 aromatic heterocycles. The molecule has 0 aliphatic rings. The average Bonchev–Trinajstić information content (AvgIpc) is 2.97. The molecule has 27 heavy (non-hydrogen) atoms. The molecule has 5 nitrogen and oxygen atoms in total. The predicted molar refractivity (Wildman–Crippen MR) is 110 cm³/mol. The van der Waals surface area contributed by atoms with Crippen molar-refractivity contribution < 1.29 is 13.2 Å². The Kier molecular flexibility index (Phi) is 5.55. The lowest BCUT2D eigenvalue weighted by atomic mass is 9.88. The van der Waals surface area contributed by atoms with E-state index in [-0.39, 0.29) is 22.6 Å². The third-order valence-corrected chi connectivity index (χ3v) is 6.49. The van der Waals surface area contributed by atoms with E-state index in [0.29, 0.717) is 20.4 Å². The molecule has 0 spiro atoms. The number of hydrogen-bond acceptors (Lipinski definition) is 5. The van der Waals surface area contributed by atoms with Crippen molar-refractivity contribution in [1.82, 2.24) is 4.98 Å². The number of fused-ring (bicyclic) bond motifs is 1. The van der Waals surface area contributed by atoms with Gasteiger partial charge in [-0.05, 0) is 41.8 Å². The molecule has 0 bridgehead atoms. The first-order chi connectivity index (χ1) is 12.6. The zero-order valence-electron chi connectivity index (χ0n) is 15.1. The van der Waals surface area contributed by atoms with E-state index in [2.05, 4.69) is 10.3 Å². The second-order valence-electron chi connectivity index (χ2n) is 6.68. The lowest BCUT2D eigenvalue weighted by molar-refractivity contribution is -0.118. The number of carbonyl (C=O) groups is 1. The molecule has 1 unspecified atom stereocenters. The van der Waals surface area contributed by atoms with E-state index in [4.69, 9.17) is 11.6 Å². The summed E-state index contributed by atoms with van der Waals surface area (Å²) >= 11 is 7.20. The lowest BCUT2D eigenvalue weighted by Gasteiger charge is -2.20. The number of halogens is 1. The van der Waals surface area contributed by atoms with Crippen LogP contribution in [0.25, 0.3) is 10.2 Å². The highest BCUT2D eigenvalue weighted by Crippen LogP contribution is 2.31. The highest BCUT2D eigenvalue weighted by molar-refractivity contribution is 7.90. The van der Waals surface area contributed by atoms with Gasteiger partial charge in [-0.15, -0.1) is 0 Å². The number of nitrogens with one attached hydrogen (secondary N) is 1. The molecule has 0 aliphatic carbocycles. The summed E-state index contributed by atoms with van der Waals surface area (Å²) in [7, 11) is -3.29. The Morgan fingerprint density at radius 3 is 2.41 bits per heavy atom. The smallest absolute Gasteiger partial charge is 0.233 e. The van der Waals surface area contributed by atoms with Crippen molar-refractivity contribution in [2.75, 3.05) is 11.6 Å². The van der Waals surface area contributed by atoms with Crippen LogP contribution >= 0.6 is 22.9 Å². The zero-order chi connectivity index (χ0) is 19.8. The van der Waals surface area contributed by atoms with Gasteiger partial charge in [-0.2, -0.15) is 0 Å². The maximum atomic E-state index is 12.9. The fourth-order valence-corrected chi connectivity index (χ4v) is 4.64. The number of sulfone groups is 1. The van der Waals surface area contributed by atoms with Gasteiger partial charge in [0.05, 0.1) is 21.0 Å². The summed E-state index contributed by atoms with van der Waals surface area (Å²) in [4.78, 5) is 17.5. The van der Waals surface area contributed by atoms with Gasteiger partial charge in [0.1, 0.15) is 0 Å². The van der Waals surface area contributed by atoms with Crippen molar-refractivity contribution in [3.63, 3.8) is 0 Å². The van der Waals surface area contributed by atoms with Gasteiger partial charge < -0.3 is 5.32 Å². The number of hydrogen-bond donors (Lipinski definition) is 1. The number of thiazole rings is 1. The number of carbonyl (C=O) groups excluding carboxylic acids is 1. The molecule has 1 N–H and O–H groups in total. The first-order valence-corrected chi connectivity index (χ1v) is 11.4. The van der Waals surface area contributed by atoms with Crippen LogP contribution < -0.4 is 5.32 Å². The number of aromatic nitrogens is 1. The van der Waals surface area contributed by atoms with E-state index < -0.39 is 9.84 Å². The molecule has 0 saturated carbocycles. The highest BCUT2D eigenvalue weighted by atomic mass is 35.5. The van der Waals surface area contributed by atoms with Crippen LogP contribution in [0, 0.1) is 5.92 Å². The van der Waals surface area contributed by atoms with Gasteiger partial charge >= 0.3 is 0 Å². The van der Waals surface area contributed by atoms with Gasteiger partial charge in [-0.3, -0.25) is 4.79 Å². The Morgan fingerprint density at radius 1 is 1.15 bits per heavy atom. The van der Waals surface area contributed by atoms with Crippen LogP contribution in [0.15, 0.2) is 47.4 Å². The minimum absolute atomic E-state index is 0.0809. The van der Waals surface area contributed by atoms with E-state index in [1.54, 1.807) is 24.3 Å². The summed E-state index contributed by atoms with van der Waals surface area (Å²) in [6, 6.07) is 12.0. The quantitative estimate of drug-likeness (QED) is 0.644. The van der Waals surface area contributed by atoms with Crippen LogP contribution in [-0.2, 0) is 14.6 Å². The molecule has 0 radical (unpaired) electrons. The maximum Gasteiger partial charge on any atom is 0.233 e. The second kappa shape index (κ2) is 7.58. The predicted octanol–water partition coefficient (Wildman–Crippen LogP) is 4.73. The molecule has 3 rings (SSSR count). The Labute approximate surface area is 167 Å². The Morgan fingerprint density at radius 2 is 1.81 bits per heavy atom. The Balaban J connectivity index is 1.88. The highest BCUT2D eigenvalue weighted by Gasteiger charge is 2.25. The largest absolute Gasteiger partial charge is 0.301 e. The second-order valence-corrected chi connectivity index (χ2v) is 10.2. The minimum Gasteiger partial charge on any atom is -0.301 e. The third-order valence-electron chi connectivity index (χ3n) is 4.20. The Hall–Kier alpha value is -1.96. The average molecular weight is 423 g/mol. The van der Waals surface area contributed by atoms with Gasteiger partial charge in [-0.25, -0.2) is 13.4 Å². The molecule has 0 fully saturated rings. The molecular formula is C19H19ClN2O3S2. The molecular weight excluding hydrogens is 404 g/mol. The van der Waals surface area contributed by atoms with Crippen LogP contribution in [-0.4, -0.2) is 25.6 Å². The summed E-state index contributed by atoms with van der Waals surface area (Å²) in [5.41, 5.74) is 1.53. The molecule has 1 heterocycles. The maximum absolute atomic E-state index is 12.9. The summed E-state index contributed by atoms with van der Waals surface area (Å²) in [6.07, 6.45) is 1.16. The van der Waals surface area contributed by atoms with Gasteiger partial charge in [0.25, 0.3) is 0 Å². The van der Waals surface area contributed by atoms with E-state index in [9.17, 15) is 13.2 Å². The van der Waals surface area contributed by atoms with E-state index in [1.165, 1.54) is 17.4 Å². The molecule has 142 valence electrons. The van der Waals surface area contributed by atoms with E-state index in [0.717, 1.165) is 11.8 Å². The standard InChI is InChI=1S/C19H19ClN2O3S2/c1-11(2)17(12-4-6-13(20)7-5-12)18(23)22-19-21-15-9-8-14(27(3,24)25)10-16(15)26-19/h4-11,17H,1-3H3,(H,21,22,23). The summed E-state index contributed by atoms with van der Waals surface area (Å²) in [5, 5.41) is 3.93. The molecule has 0 aliphatic heterocycles. The van der Waals surface area contributed by atoms with Crippen LogP contribution in [0.3, 0.4) is 0 Å². The van der Waals surface area contributed by atoms with Crippen molar-refractivity contribution in [1.29, 1.82) is 0 Å². The Bertz CT molecular complexity index is 1090. The van der Waals surface area contributed by atoms with Crippen molar-refractivity contribution in [2.24, 2.45) is 5.92 Å². The van der Waals surface area contributed by atoms with Crippen LogP contribution in [0.2, 0.25) is 5.02 Å². The number of rotatable bonds is 5.